The van der Waals surface area contributed by atoms with E-state index in [2.05, 4.69) is 21.2 Å². The van der Waals surface area contributed by atoms with E-state index >= 15 is 0 Å². The van der Waals surface area contributed by atoms with Gasteiger partial charge >= 0.3 is 0 Å². The predicted octanol–water partition coefficient (Wildman–Crippen LogP) is 2.31. The highest BCUT2D eigenvalue weighted by atomic mass is 79.9. The second kappa shape index (κ2) is 5.40. The maximum Gasteiger partial charge on any atom is 0.299 e. The van der Waals surface area contributed by atoms with Crippen LogP contribution < -0.4 is 5.32 Å². The molecule has 0 aromatic heterocycles. The van der Waals surface area contributed by atoms with E-state index < -0.39 is 9.85 Å². The van der Waals surface area contributed by atoms with E-state index in [9.17, 15) is 20.2 Å². The molecule has 8 heteroatoms. The summed E-state index contributed by atoms with van der Waals surface area (Å²) in [6.07, 6.45) is 0. The van der Waals surface area contributed by atoms with E-state index in [4.69, 9.17) is 0 Å². The van der Waals surface area contributed by atoms with Gasteiger partial charge in [-0.3, -0.25) is 20.2 Å². The molecule has 0 saturated heterocycles. The lowest BCUT2D eigenvalue weighted by atomic mass is 10.2. The number of benzene rings is 1. The Balaban J connectivity index is 3.09. The molecule has 0 fully saturated rings. The Hall–Kier alpha value is -1.70. The van der Waals surface area contributed by atoms with Crippen LogP contribution in [0.2, 0.25) is 0 Å². The van der Waals surface area contributed by atoms with E-state index in [-0.39, 0.29) is 17.1 Å². The summed E-state index contributed by atoms with van der Waals surface area (Å²) in [5, 5.41) is 24.6. The third kappa shape index (κ3) is 2.89. The third-order valence-electron chi connectivity index (χ3n) is 1.80. The van der Waals surface area contributed by atoms with Gasteiger partial charge in [0.05, 0.1) is 15.9 Å². The zero-order valence-corrected chi connectivity index (χ0v) is 9.64. The first-order valence-corrected chi connectivity index (χ1v) is 5.41. The van der Waals surface area contributed by atoms with Gasteiger partial charge in [-0.1, -0.05) is 15.9 Å². The van der Waals surface area contributed by atoms with Gasteiger partial charge in [-0.05, 0) is 6.07 Å². The van der Waals surface area contributed by atoms with E-state index in [0.29, 0.717) is 11.9 Å². The van der Waals surface area contributed by atoms with Gasteiger partial charge in [0.25, 0.3) is 11.4 Å². The van der Waals surface area contributed by atoms with Gasteiger partial charge < -0.3 is 5.32 Å². The molecule has 0 spiro atoms. The molecule has 16 heavy (non-hydrogen) atoms. The van der Waals surface area contributed by atoms with Gasteiger partial charge in [0.15, 0.2) is 0 Å². The van der Waals surface area contributed by atoms with Crippen molar-refractivity contribution in [2.24, 2.45) is 0 Å². The lowest BCUT2D eigenvalue weighted by Crippen LogP contribution is -2.05. The standard InChI is InChI=1S/C8H8BrN3O4/c9-3-4-10-7-2-1-6(11(13)14)5-8(7)12(15)16/h1-2,5,10H,3-4H2. The van der Waals surface area contributed by atoms with Crippen LogP contribution in [-0.2, 0) is 0 Å². The summed E-state index contributed by atoms with van der Waals surface area (Å²) in [6.45, 7) is 0.499. The molecule has 7 nitrogen and oxygen atoms in total. The van der Waals surface area contributed by atoms with E-state index in [1.54, 1.807) is 0 Å². The van der Waals surface area contributed by atoms with Crippen LogP contribution in [-0.4, -0.2) is 21.7 Å². The summed E-state index contributed by atoms with van der Waals surface area (Å²) >= 11 is 3.17. The third-order valence-corrected chi connectivity index (χ3v) is 2.20. The van der Waals surface area contributed by atoms with Crippen LogP contribution in [0.4, 0.5) is 17.1 Å². The Morgan fingerprint density at radius 2 is 1.94 bits per heavy atom. The van der Waals surface area contributed by atoms with Crippen molar-refractivity contribution in [2.45, 2.75) is 0 Å². The quantitative estimate of drug-likeness (QED) is 0.509. The van der Waals surface area contributed by atoms with Gasteiger partial charge in [-0.25, -0.2) is 0 Å². The van der Waals surface area contributed by atoms with Crippen LogP contribution in [0.1, 0.15) is 0 Å². The second-order valence-electron chi connectivity index (χ2n) is 2.83. The van der Waals surface area contributed by atoms with Crippen molar-refractivity contribution in [1.29, 1.82) is 0 Å². The molecule has 1 aromatic carbocycles. The van der Waals surface area contributed by atoms with E-state index in [1.165, 1.54) is 12.1 Å². The molecule has 0 saturated carbocycles. The van der Waals surface area contributed by atoms with Crippen molar-refractivity contribution in [3.8, 4) is 0 Å². The summed E-state index contributed by atoms with van der Waals surface area (Å²) < 4.78 is 0. The van der Waals surface area contributed by atoms with Crippen molar-refractivity contribution in [1.82, 2.24) is 0 Å². The van der Waals surface area contributed by atoms with Crippen LogP contribution in [0.15, 0.2) is 18.2 Å². The Morgan fingerprint density at radius 1 is 1.25 bits per heavy atom. The highest BCUT2D eigenvalue weighted by molar-refractivity contribution is 9.09. The molecule has 1 aromatic rings. The number of nitro benzene ring substituents is 2. The number of anilines is 1. The number of nitrogens with one attached hydrogen (secondary N) is 1. The molecular weight excluding hydrogens is 282 g/mol. The van der Waals surface area contributed by atoms with Gasteiger partial charge in [0.2, 0.25) is 0 Å². The highest BCUT2D eigenvalue weighted by Crippen LogP contribution is 2.28. The van der Waals surface area contributed by atoms with Gasteiger partial charge in [0.1, 0.15) is 5.69 Å². The van der Waals surface area contributed by atoms with Crippen LogP contribution in [0.25, 0.3) is 0 Å². The number of non-ortho nitro benzene ring substituents is 1. The van der Waals surface area contributed by atoms with Gasteiger partial charge in [0, 0.05) is 17.9 Å². The Bertz CT molecular complexity index is 424. The molecule has 86 valence electrons. The lowest BCUT2D eigenvalue weighted by Gasteiger charge is -2.04. The summed E-state index contributed by atoms with van der Waals surface area (Å²) in [5.74, 6) is 0. The second-order valence-corrected chi connectivity index (χ2v) is 3.62. The lowest BCUT2D eigenvalue weighted by molar-refractivity contribution is -0.393. The minimum atomic E-state index is -0.665. The zero-order valence-electron chi connectivity index (χ0n) is 8.05. The van der Waals surface area contributed by atoms with Crippen molar-refractivity contribution in [3.63, 3.8) is 0 Å². The molecule has 0 atom stereocenters. The van der Waals surface area contributed by atoms with Gasteiger partial charge in [-0.15, -0.1) is 0 Å². The highest BCUT2D eigenvalue weighted by Gasteiger charge is 2.18. The average Bonchev–Trinajstić information content (AvgIpc) is 2.25. The Kier molecular flexibility index (Phi) is 4.18. The molecule has 1 rings (SSSR count). The fourth-order valence-corrected chi connectivity index (χ4v) is 1.31. The molecule has 0 aliphatic rings. The first kappa shape index (κ1) is 12.4. The van der Waals surface area contributed by atoms with Crippen LogP contribution in [0.5, 0.6) is 0 Å². The number of hydrogen-bond donors (Lipinski definition) is 1. The molecule has 0 radical (unpaired) electrons. The fourth-order valence-electron chi connectivity index (χ4n) is 1.12. The van der Waals surface area contributed by atoms with Crippen molar-refractivity contribution >= 4 is 33.0 Å². The maximum absolute atomic E-state index is 10.7. The molecule has 0 amide bonds. The minimum absolute atomic E-state index is 0.273. The summed E-state index contributed by atoms with van der Waals surface area (Å²) in [6, 6.07) is 3.50. The molecular formula is C8H8BrN3O4. The van der Waals surface area contributed by atoms with Crippen molar-refractivity contribution in [3.05, 3.63) is 38.4 Å². The maximum atomic E-state index is 10.7. The van der Waals surface area contributed by atoms with Crippen LogP contribution in [0.3, 0.4) is 0 Å². The molecule has 0 aliphatic heterocycles. The fraction of sp³-hybridized carbons (Fsp3) is 0.250. The Morgan fingerprint density at radius 3 is 2.44 bits per heavy atom. The molecule has 0 unspecified atom stereocenters. The summed E-state index contributed by atoms with van der Waals surface area (Å²) in [5.41, 5.74) is -0.318. The molecule has 0 aliphatic carbocycles. The zero-order chi connectivity index (χ0) is 12.1. The number of nitrogens with zero attached hydrogens (tertiary/aromatic N) is 2. The summed E-state index contributed by atoms with van der Waals surface area (Å²) in [7, 11) is 0. The van der Waals surface area contributed by atoms with Gasteiger partial charge in [-0.2, -0.15) is 0 Å². The van der Waals surface area contributed by atoms with Crippen LogP contribution in [0, 0.1) is 20.2 Å². The predicted molar refractivity (Wildman–Crippen MR) is 62.0 cm³/mol. The number of halogens is 1. The topological polar surface area (TPSA) is 98.3 Å². The number of alkyl halides is 1. The van der Waals surface area contributed by atoms with Crippen molar-refractivity contribution in [2.75, 3.05) is 17.2 Å². The molecule has 1 N–H and O–H groups in total. The summed E-state index contributed by atoms with van der Waals surface area (Å²) in [4.78, 5) is 19.8. The normalized spacial score (nSPS) is 9.81. The minimum Gasteiger partial charge on any atom is -0.379 e. The SMILES string of the molecule is O=[N+]([O-])c1ccc(NCCBr)c([N+](=O)[O-])c1. The van der Waals surface area contributed by atoms with Crippen LogP contribution >= 0.6 is 15.9 Å². The molecule has 0 heterocycles. The number of hydrogen-bond acceptors (Lipinski definition) is 5. The largest absolute Gasteiger partial charge is 0.379 e. The average molecular weight is 290 g/mol. The number of nitro groups is 2. The smallest absolute Gasteiger partial charge is 0.299 e. The Labute approximate surface area is 98.9 Å². The van der Waals surface area contributed by atoms with E-state index in [1.807, 2.05) is 0 Å². The monoisotopic (exact) mass is 289 g/mol. The first-order valence-electron chi connectivity index (χ1n) is 4.29. The van der Waals surface area contributed by atoms with E-state index in [0.717, 1.165) is 6.07 Å². The molecule has 0 bridgehead atoms. The number of rotatable bonds is 5. The first-order chi connectivity index (χ1) is 7.56. The van der Waals surface area contributed by atoms with Crippen molar-refractivity contribution < 1.29 is 9.85 Å².